The van der Waals surface area contributed by atoms with Crippen molar-refractivity contribution in [3.63, 3.8) is 0 Å². The first-order valence-electron chi connectivity index (χ1n) is 10.3. The van der Waals surface area contributed by atoms with Gasteiger partial charge in [-0.15, -0.1) is 0 Å². The second-order valence-corrected chi connectivity index (χ2v) is 7.62. The van der Waals surface area contributed by atoms with Gasteiger partial charge < -0.3 is 9.30 Å². The maximum absolute atomic E-state index is 9.71. The van der Waals surface area contributed by atoms with Crippen LogP contribution in [0.5, 0.6) is 0 Å². The molecule has 0 amide bonds. The molecular weight excluding hydrogens is 396 g/mol. The van der Waals surface area contributed by atoms with Gasteiger partial charge in [-0.2, -0.15) is 10.5 Å². The van der Waals surface area contributed by atoms with E-state index in [0.29, 0.717) is 11.1 Å². The van der Waals surface area contributed by atoms with Gasteiger partial charge in [0.2, 0.25) is 0 Å². The van der Waals surface area contributed by atoms with Crippen molar-refractivity contribution in [2.24, 2.45) is 7.05 Å². The van der Waals surface area contributed by atoms with Crippen LogP contribution in [-0.4, -0.2) is 9.55 Å². The standard InChI is InChI=1S/C27H22N4O/c1-19-7-3-6-10-24(19)25-13-20(11-12-22(25)15-29)27(26-16-30-18-31(26)2)32-17-23-9-5-4-8-21(23)14-28/h3-13,16,18,27H,17H2,1-2H3. The number of aryl methyl sites for hydroxylation is 2. The van der Waals surface area contributed by atoms with E-state index in [-0.39, 0.29) is 6.61 Å². The van der Waals surface area contributed by atoms with Crippen LogP contribution < -0.4 is 0 Å². The fraction of sp³-hybridized carbons (Fsp3) is 0.148. The molecule has 0 aliphatic rings. The minimum Gasteiger partial charge on any atom is -0.362 e. The summed E-state index contributed by atoms with van der Waals surface area (Å²) in [4.78, 5) is 4.26. The van der Waals surface area contributed by atoms with Crippen LogP contribution in [0, 0.1) is 29.6 Å². The zero-order chi connectivity index (χ0) is 22.5. The lowest BCUT2D eigenvalue weighted by Gasteiger charge is -2.21. The van der Waals surface area contributed by atoms with Crippen molar-refractivity contribution in [2.75, 3.05) is 0 Å². The molecule has 4 rings (SSSR count). The van der Waals surface area contributed by atoms with Gasteiger partial charge >= 0.3 is 0 Å². The van der Waals surface area contributed by atoms with Gasteiger partial charge in [-0.25, -0.2) is 4.98 Å². The van der Waals surface area contributed by atoms with Gasteiger partial charge in [-0.1, -0.05) is 48.5 Å². The molecule has 1 atom stereocenters. The first-order valence-corrected chi connectivity index (χ1v) is 10.3. The van der Waals surface area contributed by atoms with E-state index < -0.39 is 6.10 Å². The Kier molecular flexibility index (Phi) is 6.12. The molecule has 0 spiro atoms. The van der Waals surface area contributed by atoms with Crippen molar-refractivity contribution >= 4 is 0 Å². The summed E-state index contributed by atoms with van der Waals surface area (Å²) < 4.78 is 8.30. The summed E-state index contributed by atoms with van der Waals surface area (Å²) in [6, 6.07) is 25.8. The van der Waals surface area contributed by atoms with Crippen molar-refractivity contribution < 1.29 is 4.74 Å². The average Bonchev–Trinajstić information content (AvgIpc) is 3.25. The van der Waals surface area contributed by atoms with E-state index in [4.69, 9.17) is 4.74 Å². The number of benzene rings is 3. The normalized spacial score (nSPS) is 11.5. The molecule has 4 aromatic rings. The molecule has 0 N–H and O–H groups in total. The Bertz CT molecular complexity index is 1340. The van der Waals surface area contributed by atoms with Gasteiger partial charge in [0, 0.05) is 12.6 Å². The summed E-state index contributed by atoms with van der Waals surface area (Å²) >= 11 is 0. The van der Waals surface area contributed by atoms with E-state index in [9.17, 15) is 10.5 Å². The van der Waals surface area contributed by atoms with Crippen molar-refractivity contribution in [1.29, 1.82) is 10.5 Å². The lowest BCUT2D eigenvalue weighted by Crippen LogP contribution is -2.11. The lowest BCUT2D eigenvalue weighted by molar-refractivity contribution is 0.0621. The van der Waals surface area contributed by atoms with Crippen molar-refractivity contribution in [1.82, 2.24) is 9.55 Å². The summed E-state index contributed by atoms with van der Waals surface area (Å²) in [5, 5.41) is 19.1. The molecule has 0 saturated carbocycles. The van der Waals surface area contributed by atoms with Gasteiger partial charge in [0.15, 0.2) is 0 Å². The van der Waals surface area contributed by atoms with Crippen molar-refractivity contribution in [3.8, 4) is 23.3 Å². The predicted molar refractivity (Wildman–Crippen MR) is 122 cm³/mol. The number of imidazole rings is 1. The minimum absolute atomic E-state index is 0.277. The zero-order valence-corrected chi connectivity index (χ0v) is 18.0. The van der Waals surface area contributed by atoms with Crippen LogP contribution in [-0.2, 0) is 18.4 Å². The first-order chi connectivity index (χ1) is 15.6. The van der Waals surface area contributed by atoms with Crippen LogP contribution in [0.4, 0.5) is 0 Å². The molecule has 0 aliphatic carbocycles. The van der Waals surface area contributed by atoms with E-state index in [1.807, 2.05) is 79.2 Å². The number of aromatic nitrogens is 2. The molecule has 5 nitrogen and oxygen atoms in total. The Balaban J connectivity index is 1.78. The summed E-state index contributed by atoms with van der Waals surface area (Å²) in [5.74, 6) is 0. The molecule has 1 heterocycles. The van der Waals surface area contributed by atoms with E-state index in [2.05, 4.69) is 17.1 Å². The van der Waals surface area contributed by atoms with Gasteiger partial charge in [-0.3, -0.25) is 0 Å². The Morgan fingerprint density at radius 1 is 0.938 bits per heavy atom. The Morgan fingerprint density at radius 2 is 1.69 bits per heavy atom. The highest BCUT2D eigenvalue weighted by atomic mass is 16.5. The van der Waals surface area contributed by atoms with Crippen LogP contribution in [0.2, 0.25) is 0 Å². The Hall–Kier alpha value is -4.19. The van der Waals surface area contributed by atoms with Gasteiger partial charge in [0.1, 0.15) is 6.10 Å². The molecule has 0 fully saturated rings. The van der Waals surface area contributed by atoms with Crippen molar-refractivity contribution in [2.45, 2.75) is 19.6 Å². The quantitative estimate of drug-likeness (QED) is 0.418. The third kappa shape index (κ3) is 4.16. The van der Waals surface area contributed by atoms with E-state index >= 15 is 0 Å². The summed E-state index contributed by atoms with van der Waals surface area (Å²) in [6.45, 7) is 2.32. The topological polar surface area (TPSA) is 74.6 Å². The van der Waals surface area contributed by atoms with E-state index in [1.54, 1.807) is 18.6 Å². The first kappa shape index (κ1) is 21.1. The van der Waals surface area contributed by atoms with Crippen LogP contribution in [0.1, 0.15) is 39.6 Å². The van der Waals surface area contributed by atoms with Crippen LogP contribution in [0.15, 0.2) is 79.3 Å². The number of rotatable bonds is 6. The largest absolute Gasteiger partial charge is 0.362 e. The van der Waals surface area contributed by atoms with Gasteiger partial charge in [-0.05, 0) is 47.4 Å². The molecule has 0 saturated heterocycles. The molecule has 5 heteroatoms. The Labute approximate surface area is 187 Å². The number of hydrogen-bond acceptors (Lipinski definition) is 4. The SMILES string of the molecule is Cc1ccccc1-c1cc(C(OCc2ccccc2C#N)c2cncn2C)ccc1C#N. The average molecular weight is 419 g/mol. The summed E-state index contributed by atoms with van der Waals surface area (Å²) in [6.07, 6.45) is 3.11. The predicted octanol–water partition coefficient (Wildman–Crippen LogP) is 5.45. The number of ether oxygens (including phenoxy) is 1. The van der Waals surface area contributed by atoms with Crippen LogP contribution in [0.3, 0.4) is 0 Å². The smallest absolute Gasteiger partial charge is 0.124 e. The highest BCUT2D eigenvalue weighted by molar-refractivity contribution is 5.74. The highest BCUT2D eigenvalue weighted by Gasteiger charge is 2.21. The zero-order valence-electron chi connectivity index (χ0n) is 18.0. The number of hydrogen-bond donors (Lipinski definition) is 0. The van der Waals surface area contributed by atoms with Crippen molar-refractivity contribution in [3.05, 3.63) is 113 Å². The van der Waals surface area contributed by atoms with Gasteiger partial charge in [0.05, 0.1) is 48.1 Å². The molecule has 3 aromatic carbocycles. The summed E-state index contributed by atoms with van der Waals surface area (Å²) in [5.41, 5.74) is 6.83. The summed E-state index contributed by atoms with van der Waals surface area (Å²) in [7, 11) is 1.92. The van der Waals surface area contributed by atoms with Crippen LogP contribution in [0.25, 0.3) is 11.1 Å². The number of nitriles is 2. The minimum atomic E-state index is -0.412. The molecule has 0 radical (unpaired) electrons. The van der Waals surface area contributed by atoms with E-state index in [1.165, 1.54) is 0 Å². The molecule has 0 aliphatic heterocycles. The lowest BCUT2D eigenvalue weighted by atomic mass is 9.93. The van der Waals surface area contributed by atoms with Crippen LogP contribution >= 0.6 is 0 Å². The maximum Gasteiger partial charge on any atom is 0.124 e. The highest BCUT2D eigenvalue weighted by Crippen LogP contribution is 2.33. The second kappa shape index (κ2) is 9.31. The number of nitrogens with zero attached hydrogens (tertiary/aromatic N) is 4. The molecule has 1 aromatic heterocycles. The molecule has 32 heavy (non-hydrogen) atoms. The molecule has 156 valence electrons. The maximum atomic E-state index is 9.71. The second-order valence-electron chi connectivity index (χ2n) is 7.62. The fourth-order valence-corrected chi connectivity index (χ4v) is 3.82. The molecular formula is C27H22N4O. The fourth-order valence-electron chi connectivity index (χ4n) is 3.82. The molecule has 1 unspecified atom stereocenters. The third-order valence-corrected chi connectivity index (χ3v) is 5.57. The Morgan fingerprint density at radius 3 is 2.41 bits per heavy atom. The monoisotopic (exact) mass is 418 g/mol. The van der Waals surface area contributed by atoms with E-state index in [0.717, 1.165) is 33.5 Å². The third-order valence-electron chi connectivity index (χ3n) is 5.57. The van der Waals surface area contributed by atoms with Gasteiger partial charge in [0.25, 0.3) is 0 Å². The molecule has 0 bridgehead atoms.